The molecule has 2 unspecified atom stereocenters. The van der Waals surface area contributed by atoms with Crippen molar-refractivity contribution < 1.29 is 29.3 Å². The van der Waals surface area contributed by atoms with E-state index in [-0.39, 0.29) is 6.42 Å². The molecular formula is C8H14O6. The molecule has 0 aliphatic heterocycles. The van der Waals surface area contributed by atoms with Crippen molar-refractivity contribution in [3.63, 3.8) is 0 Å². The Bertz CT molecular complexity index is 226. The maximum atomic E-state index is 11.1. The third kappa shape index (κ3) is 2.21. The first-order valence-corrected chi connectivity index (χ1v) is 4.00. The van der Waals surface area contributed by atoms with Gasteiger partial charge in [-0.2, -0.15) is 0 Å². The first-order chi connectivity index (χ1) is 6.43. The van der Waals surface area contributed by atoms with Crippen molar-refractivity contribution in [2.75, 3.05) is 14.2 Å². The summed E-state index contributed by atoms with van der Waals surface area (Å²) in [6.07, 6.45) is -2.10. The molecular weight excluding hydrogens is 192 g/mol. The van der Waals surface area contributed by atoms with Crippen molar-refractivity contribution in [2.45, 2.75) is 25.0 Å². The third-order valence-corrected chi connectivity index (χ3v) is 1.95. The van der Waals surface area contributed by atoms with Gasteiger partial charge < -0.3 is 19.7 Å². The maximum absolute atomic E-state index is 11.1. The van der Waals surface area contributed by atoms with Gasteiger partial charge in [0.15, 0.2) is 11.7 Å². The SMILES string of the molecule is CCC(O)(C(=O)OC)C(O)C(=O)OC. The zero-order valence-electron chi connectivity index (χ0n) is 8.31. The Kier molecular flexibility index (Phi) is 4.52. The van der Waals surface area contributed by atoms with Gasteiger partial charge in [-0.1, -0.05) is 6.92 Å². The molecule has 0 spiro atoms. The predicted molar refractivity (Wildman–Crippen MR) is 45.3 cm³/mol. The van der Waals surface area contributed by atoms with Crippen LogP contribution in [0.3, 0.4) is 0 Å². The summed E-state index contributed by atoms with van der Waals surface area (Å²) in [7, 11) is 2.09. The van der Waals surface area contributed by atoms with E-state index >= 15 is 0 Å². The zero-order valence-corrected chi connectivity index (χ0v) is 8.31. The summed E-state index contributed by atoms with van der Waals surface area (Å²) in [5.74, 6) is -2.15. The molecule has 0 radical (unpaired) electrons. The van der Waals surface area contributed by atoms with Gasteiger partial charge in [0.1, 0.15) is 0 Å². The minimum atomic E-state index is -2.25. The van der Waals surface area contributed by atoms with Crippen LogP contribution in [0.4, 0.5) is 0 Å². The van der Waals surface area contributed by atoms with Gasteiger partial charge in [0.2, 0.25) is 0 Å². The topological polar surface area (TPSA) is 93.1 Å². The van der Waals surface area contributed by atoms with Gasteiger partial charge in [-0.3, -0.25) is 0 Å². The van der Waals surface area contributed by atoms with Crippen molar-refractivity contribution in [1.29, 1.82) is 0 Å². The number of ether oxygens (including phenoxy) is 2. The Morgan fingerprint density at radius 3 is 2.14 bits per heavy atom. The first-order valence-electron chi connectivity index (χ1n) is 4.00. The zero-order chi connectivity index (χ0) is 11.4. The van der Waals surface area contributed by atoms with Crippen LogP contribution in [0, 0.1) is 0 Å². The molecule has 0 saturated heterocycles. The molecule has 0 aliphatic rings. The quantitative estimate of drug-likeness (QED) is 0.563. The van der Waals surface area contributed by atoms with E-state index in [1.54, 1.807) is 0 Å². The third-order valence-electron chi connectivity index (χ3n) is 1.95. The van der Waals surface area contributed by atoms with Crippen LogP contribution in [0.25, 0.3) is 0 Å². The average Bonchev–Trinajstić information content (AvgIpc) is 2.24. The van der Waals surface area contributed by atoms with Crippen molar-refractivity contribution in [2.24, 2.45) is 0 Å². The van der Waals surface area contributed by atoms with E-state index in [9.17, 15) is 19.8 Å². The van der Waals surface area contributed by atoms with Crippen LogP contribution in [-0.2, 0) is 19.1 Å². The van der Waals surface area contributed by atoms with Crippen LogP contribution in [0.5, 0.6) is 0 Å². The van der Waals surface area contributed by atoms with Gasteiger partial charge in [-0.25, -0.2) is 9.59 Å². The highest BCUT2D eigenvalue weighted by atomic mass is 16.6. The second-order valence-electron chi connectivity index (χ2n) is 2.70. The Morgan fingerprint density at radius 2 is 1.86 bits per heavy atom. The molecule has 0 amide bonds. The Balaban J connectivity index is 4.84. The number of rotatable bonds is 4. The highest BCUT2D eigenvalue weighted by Crippen LogP contribution is 2.18. The van der Waals surface area contributed by atoms with Crippen molar-refractivity contribution in [1.82, 2.24) is 0 Å². The second kappa shape index (κ2) is 4.92. The maximum Gasteiger partial charge on any atom is 0.341 e. The van der Waals surface area contributed by atoms with Gasteiger partial charge in [-0.15, -0.1) is 0 Å². The van der Waals surface area contributed by atoms with Gasteiger partial charge in [0, 0.05) is 0 Å². The summed E-state index contributed by atoms with van der Waals surface area (Å²) in [6, 6.07) is 0. The number of esters is 2. The number of hydrogen-bond donors (Lipinski definition) is 2. The smallest absolute Gasteiger partial charge is 0.341 e. The molecule has 82 valence electrons. The van der Waals surface area contributed by atoms with Gasteiger partial charge >= 0.3 is 11.9 Å². The van der Waals surface area contributed by atoms with E-state index in [0.717, 1.165) is 14.2 Å². The lowest BCUT2D eigenvalue weighted by atomic mass is 9.94. The van der Waals surface area contributed by atoms with Gasteiger partial charge in [0.25, 0.3) is 0 Å². The number of aliphatic hydroxyl groups is 2. The van der Waals surface area contributed by atoms with Crippen molar-refractivity contribution in [3.05, 3.63) is 0 Å². The number of methoxy groups -OCH3 is 2. The average molecular weight is 206 g/mol. The van der Waals surface area contributed by atoms with E-state index in [2.05, 4.69) is 9.47 Å². The summed E-state index contributed by atoms with van der Waals surface area (Å²) in [5.41, 5.74) is -2.25. The van der Waals surface area contributed by atoms with Crippen LogP contribution in [-0.4, -0.2) is 48.1 Å². The fourth-order valence-corrected chi connectivity index (χ4v) is 0.933. The van der Waals surface area contributed by atoms with E-state index in [1.165, 1.54) is 6.92 Å². The summed E-state index contributed by atoms with van der Waals surface area (Å²) >= 11 is 0. The second-order valence-corrected chi connectivity index (χ2v) is 2.70. The van der Waals surface area contributed by atoms with E-state index in [4.69, 9.17) is 0 Å². The highest BCUT2D eigenvalue weighted by molar-refractivity contribution is 5.88. The number of aliphatic hydroxyl groups excluding tert-OH is 1. The van der Waals surface area contributed by atoms with Crippen LogP contribution in [0.1, 0.15) is 13.3 Å². The Morgan fingerprint density at radius 1 is 1.36 bits per heavy atom. The molecule has 0 aromatic rings. The molecule has 0 heterocycles. The van der Waals surface area contributed by atoms with Crippen LogP contribution >= 0.6 is 0 Å². The molecule has 0 fully saturated rings. The molecule has 2 atom stereocenters. The molecule has 0 aromatic heterocycles. The molecule has 0 aliphatic carbocycles. The first kappa shape index (κ1) is 12.9. The summed E-state index contributed by atoms with van der Waals surface area (Å²) in [4.78, 5) is 22.0. The van der Waals surface area contributed by atoms with Crippen LogP contribution < -0.4 is 0 Å². The molecule has 6 heteroatoms. The van der Waals surface area contributed by atoms with Gasteiger partial charge in [-0.05, 0) is 6.42 Å². The Hall–Kier alpha value is -1.14. The number of carbonyl (C=O) groups is 2. The molecule has 2 N–H and O–H groups in total. The van der Waals surface area contributed by atoms with Crippen LogP contribution in [0.2, 0.25) is 0 Å². The fraction of sp³-hybridized carbons (Fsp3) is 0.750. The monoisotopic (exact) mass is 206 g/mol. The lowest BCUT2D eigenvalue weighted by molar-refractivity contribution is -0.187. The molecule has 0 saturated carbocycles. The van der Waals surface area contributed by atoms with Crippen molar-refractivity contribution in [3.8, 4) is 0 Å². The minimum absolute atomic E-state index is 0.157. The molecule has 0 rings (SSSR count). The largest absolute Gasteiger partial charge is 0.467 e. The molecule has 0 bridgehead atoms. The lowest BCUT2D eigenvalue weighted by Gasteiger charge is -2.26. The summed E-state index contributed by atoms with van der Waals surface area (Å²) in [6.45, 7) is 1.43. The van der Waals surface area contributed by atoms with E-state index in [1.807, 2.05) is 0 Å². The number of hydrogen-bond acceptors (Lipinski definition) is 6. The molecule has 6 nitrogen and oxygen atoms in total. The molecule has 0 aromatic carbocycles. The standard InChI is InChI=1S/C8H14O6/c1-4-8(12,7(11)14-3)5(9)6(10)13-2/h5,9,12H,4H2,1-3H3. The van der Waals surface area contributed by atoms with E-state index in [0.29, 0.717) is 0 Å². The normalized spacial score (nSPS) is 16.6. The summed E-state index contributed by atoms with van der Waals surface area (Å²) < 4.78 is 8.46. The van der Waals surface area contributed by atoms with E-state index < -0.39 is 23.6 Å². The lowest BCUT2D eigenvalue weighted by Crippen LogP contribution is -2.53. The predicted octanol–water partition coefficient (Wildman–Crippen LogP) is -1.17. The number of carbonyl (C=O) groups excluding carboxylic acids is 2. The fourth-order valence-electron chi connectivity index (χ4n) is 0.933. The van der Waals surface area contributed by atoms with Crippen molar-refractivity contribution >= 4 is 11.9 Å². The molecule has 14 heavy (non-hydrogen) atoms. The van der Waals surface area contributed by atoms with Gasteiger partial charge in [0.05, 0.1) is 14.2 Å². The van der Waals surface area contributed by atoms with Crippen LogP contribution in [0.15, 0.2) is 0 Å². The Labute approximate surface area is 81.4 Å². The summed E-state index contributed by atoms with van der Waals surface area (Å²) in [5, 5.41) is 18.9. The highest BCUT2D eigenvalue weighted by Gasteiger charge is 2.47. The minimum Gasteiger partial charge on any atom is -0.467 e.